The van der Waals surface area contributed by atoms with E-state index in [-0.39, 0.29) is 22.8 Å². The minimum Gasteiger partial charge on any atom is -0.507 e. The van der Waals surface area contributed by atoms with Crippen LogP contribution in [0.15, 0.2) is 96.6 Å². The number of ketones is 1. The quantitative estimate of drug-likeness (QED) is 0.254. The molecule has 1 heterocycles. The molecule has 4 aromatic carbocycles. The Hall–Kier alpha value is -4.58. The molecule has 5 rings (SSSR count). The Kier molecular flexibility index (Phi) is 5.26. The van der Waals surface area contributed by atoms with E-state index in [0.717, 1.165) is 10.8 Å². The van der Waals surface area contributed by atoms with Crippen LogP contribution in [-0.2, 0) is 9.59 Å². The van der Waals surface area contributed by atoms with Crippen LogP contribution in [0.1, 0.15) is 17.2 Å². The van der Waals surface area contributed by atoms with Gasteiger partial charge < -0.3 is 14.9 Å². The first-order valence-electron chi connectivity index (χ1n) is 10.7. The zero-order valence-corrected chi connectivity index (χ0v) is 18.3. The summed E-state index contributed by atoms with van der Waals surface area (Å²) in [5.74, 6) is -1.69. The van der Waals surface area contributed by atoms with Crippen molar-refractivity contribution in [3.8, 4) is 11.5 Å². The molecular formula is C28H21NO5. The number of carbonyl (C=O) groups is 2. The molecule has 1 fully saturated rings. The van der Waals surface area contributed by atoms with Crippen molar-refractivity contribution in [3.63, 3.8) is 0 Å². The molecule has 4 aromatic rings. The van der Waals surface area contributed by atoms with Gasteiger partial charge in [-0.25, -0.2) is 0 Å². The van der Waals surface area contributed by atoms with Crippen LogP contribution in [-0.4, -0.2) is 29.0 Å². The second-order valence-electron chi connectivity index (χ2n) is 7.93. The topological polar surface area (TPSA) is 87.1 Å². The van der Waals surface area contributed by atoms with Gasteiger partial charge in [0.25, 0.3) is 11.7 Å². The van der Waals surface area contributed by atoms with Gasteiger partial charge in [-0.1, -0.05) is 72.8 Å². The summed E-state index contributed by atoms with van der Waals surface area (Å²) in [4.78, 5) is 27.9. The van der Waals surface area contributed by atoms with Gasteiger partial charge >= 0.3 is 0 Å². The zero-order valence-electron chi connectivity index (χ0n) is 18.3. The highest BCUT2D eigenvalue weighted by atomic mass is 16.5. The molecule has 1 saturated heterocycles. The van der Waals surface area contributed by atoms with Gasteiger partial charge in [0.05, 0.1) is 24.4 Å². The highest BCUT2D eigenvalue weighted by Crippen LogP contribution is 2.47. The number of hydrogen-bond donors (Lipinski definition) is 2. The number of hydrogen-bond acceptors (Lipinski definition) is 5. The number of phenols is 1. The lowest BCUT2D eigenvalue weighted by Crippen LogP contribution is -2.29. The summed E-state index contributed by atoms with van der Waals surface area (Å²) in [5.41, 5.74) is 1.04. The first kappa shape index (κ1) is 21.3. The summed E-state index contributed by atoms with van der Waals surface area (Å²) < 4.78 is 5.53. The molecule has 0 radical (unpaired) electrons. The number of aliphatic hydroxyl groups excluding tert-OH is 1. The van der Waals surface area contributed by atoms with Crippen LogP contribution in [0.2, 0.25) is 0 Å². The molecule has 168 valence electrons. The number of anilines is 1. The Balaban J connectivity index is 1.82. The molecule has 1 amide bonds. The molecule has 0 bridgehead atoms. The highest BCUT2D eigenvalue weighted by molar-refractivity contribution is 6.52. The molecule has 0 saturated carbocycles. The summed E-state index contributed by atoms with van der Waals surface area (Å²) in [6, 6.07) is 25.2. The van der Waals surface area contributed by atoms with Gasteiger partial charge in [-0.2, -0.15) is 0 Å². The third-order valence-electron chi connectivity index (χ3n) is 6.06. The lowest BCUT2D eigenvalue weighted by atomic mass is 9.92. The minimum absolute atomic E-state index is 0.0749. The number of Topliss-reactive ketones (excluding diaryl/α,β-unsaturated/α-hetero) is 1. The number of amides is 1. The average molecular weight is 451 g/mol. The van der Waals surface area contributed by atoms with Gasteiger partial charge in [-0.05, 0) is 29.0 Å². The molecule has 1 unspecified atom stereocenters. The standard InChI is InChI=1S/C28H21NO5/c1-34-23-16-7-4-12-20(23)25-24(26(31)19-13-8-10-17-9-2-3-11-18(17)19)27(32)28(33)29(25)21-14-5-6-15-22(21)30/h2-16,25,30-31H,1H3/b26-24+. The van der Waals surface area contributed by atoms with E-state index in [0.29, 0.717) is 16.9 Å². The van der Waals surface area contributed by atoms with Gasteiger partial charge in [0.2, 0.25) is 0 Å². The van der Waals surface area contributed by atoms with Crippen molar-refractivity contribution in [2.24, 2.45) is 0 Å². The second-order valence-corrected chi connectivity index (χ2v) is 7.93. The van der Waals surface area contributed by atoms with E-state index < -0.39 is 17.7 Å². The molecule has 0 spiro atoms. The second kappa shape index (κ2) is 8.41. The van der Waals surface area contributed by atoms with Crippen molar-refractivity contribution in [1.82, 2.24) is 0 Å². The van der Waals surface area contributed by atoms with E-state index in [2.05, 4.69) is 0 Å². The predicted octanol–water partition coefficient (Wildman–Crippen LogP) is 5.18. The first-order chi connectivity index (χ1) is 16.5. The van der Waals surface area contributed by atoms with Gasteiger partial charge in [-0.3, -0.25) is 14.5 Å². The monoisotopic (exact) mass is 451 g/mol. The van der Waals surface area contributed by atoms with E-state index >= 15 is 0 Å². The van der Waals surface area contributed by atoms with E-state index in [1.54, 1.807) is 54.6 Å². The first-order valence-corrected chi connectivity index (χ1v) is 10.7. The van der Waals surface area contributed by atoms with Crippen LogP contribution in [0.5, 0.6) is 11.5 Å². The third-order valence-corrected chi connectivity index (χ3v) is 6.06. The predicted molar refractivity (Wildman–Crippen MR) is 130 cm³/mol. The Morgan fingerprint density at radius 1 is 0.853 bits per heavy atom. The Morgan fingerprint density at radius 3 is 2.32 bits per heavy atom. The lowest BCUT2D eigenvalue weighted by Gasteiger charge is -2.27. The average Bonchev–Trinajstić information content (AvgIpc) is 3.13. The fraction of sp³-hybridized carbons (Fsp3) is 0.0714. The van der Waals surface area contributed by atoms with E-state index in [9.17, 15) is 19.8 Å². The van der Waals surface area contributed by atoms with E-state index in [1.165, 1.54) is 18.1 Å². The molecule has 6 nitrogen and oxygen atoms in total. The van der Waals surface area contributed by atoms with Gasteiger partial charge in [-0.15, -0.1) is 0 Å². The van der Waals surface area contributed by atoms with Crippen LogP contribution in [0, 0.1) is 0 Å². The summed E-state index contributed by atoms with van der Waals surface area (Å²) in [7, 11) is 1.50. The van der Waals surface area contributed by atoms with Crippen LogP contribution in [0.4, 0.5) is 5.69 Å². The molecule has 1 aliphatic rings. The zero-order chi connectivity index (χ0) is 23.8. The van der Waals surface area contributed by atoms with Crippen LogP contribution < -0.4 is 9.64 Å². The van der Waals surface area contributed by atoms with Gasteiger partial charge in [0.1, 0.15) is 17.3 Å². The number of fused-ring (bicyclic) bond motifs is 1. The van der Waals surface area contributed by atoms with Crippen LogP contribution in [0.25, 0.3) is 16.5 Å². The van der Waals surface area contributed by atoms with E-state index in [1.807, 2.05) is 30.3 Å². The number of ether oxygens (including phenoxy) is 1. The Bertz CT molecular complexity index is 1470. The maximum atomic E-state index is 13.4. The number of carbonyl (C=O) groups excluding carboxylic acids is 2. The van der Waals surface area contributed by atoms with Crippen molar-refractivity contribution in [1.29, 1.82) is 0 Å². The molecule has 1 aliphatic heterocycles. The van der Waals surface area contributed by atoms with E-state index in [4.69, 9.17) is 4.74 Å². The number of benzene rings is 4. The van der Waals surface area contributed by atoms with Gasteiger partial charge in [0, 0.05) is 11.1 Å². The van der Waals surface area contributed by atoms with Crippen LogP contribution >= 0.6 is 0 Å². The summed E-state index contributed by atoms with van der Waals surface area (Å²) in [5, 5.41) is 23.7. The van der Waals surface area contributed by atoms with Crippen molar-refractivity contribution in [3.05, 3.63) is 108 Å². The van der Waals surface area contributed by atoms with Crippen molar-refractivity contribution >= 4 is 33.9 Å². The normalized spacial score (nSPS) is 17.3. The number of methoxy groups -OCH3 is 1. The number of aliphatic hydroxyl groups is 1. The number of rotatable bonds is 4. The molecular weight excluding hydrogens is 430 g/mol. The number of aromatic hydroxyl groups is 1. The largest absolute Gasteiger partial charge is 0.507 e. The van der Waals surface area contributed by atoms with Crippen molar-refractivity contribution in [2.45, 2.75) is 6.04 Å². The smallest absolute Gasteiger partial charge is 0.300 e. The number of nitrogens with zero attached hydrogens (tertiary/aromatic N) is 1. The lowest BCUT2D eigenvalue weighted by molar-refractivity contribution is -0.132. The van der Waals surface area contributed by atoms with Crippen molar-refractivity contribution in [2.75, 3.05) is 12.0 Å². The fourth-order valence-corrected chi connectivity index (χ4v) is 4.51. The highest BCUT2D eigenvalue weighted by Gasteiger charge is 2.48. The van der Waals surface area contributed by atoms with Gasteiger partial charge in [0.15, 0.2) is 0 Å². The SMILES string of the molecule is COc1ccccc1C1/C(=C(\O)c2cccc3ccccc23)C(=O)C(=O)N1c1ccccc1O. The number of phenolic OH excluding ortho intramolecular Hbond substituents is 1. The van der Waals surface area contributed by atoms with Crippen LogP contribution in [0.3, 0.4) is 0 Å². The maximum absolute atomic E-state index is 13.4. The maximum Gasteiger partial charge on any atom is 0.300 e. The molecule has 0 aliphatic carbocycles. The molecule has 6 heteroatoms. The number of para-hydroxylation sites is 3. The summed E-state index contributed by atoms with van der Waals surface area (Å²) in [6.07, 6.45) is 0. The summed E-state index contributed by atoms with van der Waals surface area (Å²) >= 11 is 0. The van der Waals surface area contributed by atoms with Crippen molar-refractivity contribution < 1.29 is 24.5 Å². The Morgan fingerprint density at radius 2 is 1.53 bits per heavy atom. The fourth-order valence-electron chi connectivity index (χ4n) is 4.51. The molecule has 0 aromatic heterocycles. The summed E-state index contributed by atoms with van der Waals surface area (Å²) in [6.45, 7) is 0. The molecule has 2 N–H and O–H groups in total. The Labute approximate surface area is 196 Å². The molecule has 34 heavy (non-hydrogen) atoms. The third kappa shape index (κ3) is 3.28. The minimum atomic E-state index is -1.01. The molecule has 1 atom stereocenters.